The number of rotatable bonds is 3. The number of hydrogen-bond donors (Lipinski definition) is 1. The fourth-order valence-corrected chi connectivity index (χ4v) is 3.03. The summed E-state index contributed by atoms with van der Waals surface area (Å²) in [5.41, 5.74) is 7.57. The Morgan fingerprint density at radius 2 is 1.71 bits per heavy atom. The van der Waals surface area contributed by atoms with Crippen LogP contribution < -0.4 is 10.5 Å². The largest absolute Gasteiger partial charge is 0.480 e. The molecule has 0 aliphatic heterocycles. The summed E-state index contributed by atoms with van der Waals surface area (Å²) in [6.07, 6.45) is 3.29. The van der Waals surface area contributed by atoms with E-state index < -0.39 is 0 Å². The molecule has 0 saturated heterocycles. The molecule has 1 aromatic heterocycles. The zero-order valence-corrected chi connectivity index (χ0v) is 11.2. The Bertz CT molecular complexity index is 414. The molecule has 0 amide bonds. The molecular formula is C13H21N3O. The minimum Gasteiger partial charge on any atom is -0.480 e. The van der Waals surface area contributed by atoms with Gasteiger partial charge >= 0.3 is 0 Å². The van der Waals surface area contributed by atoms with E-state index in [1.165, 1.54) is 0 Å². The topological polar surface area (TPSA) is 61.0 Å². The van der Waals surface area contributed by atoms with Crippen molar-refractivity contribution in [2.24, 2.45) is 22.5 Å². The van der Waals surface area contributed by atoms with Gasteiger partial charge in [-0.2, -0.15) is 0 Å². The minimum absolute atomic E-state index is 0.122. The summed E-state index contributed by atoms with van der Waals surface area (Å²) in [5, 5.41) is 0. The van der Waals surface area contributed by atoms with Crippen molar-refractivity contribution >= 4 is 0 Å². The van der Waals surface area contributed by atoms with Crippen LogP contribution in [0.15, 0.2) is 12.4 Å². The van der Waals surface area contributed by atoms with Crippen molar-refractivity contribution in [2.45, 2.75) is 33.7 Å². The van der Waals surface area contributed by atoms with Gasteiger partial charge in [0, 0.05) is 12.4 Å². The lowest BCUT2D eigenvalue weighted by atomic mass is 10.0. The van der Waals surface area contributed by atoms with Crippen molar-refractivity contribution in [2.75, 3.05) is 7.11 Å². The van der Waals surface area contributed by atoms with Gasteiger partial charge in [0.05, 0.1) is 13.2 Å². The van der Waals surface area contributed by atoms with Gasteiger partial charge in [0.15, 0.2) is 0 Å². The molecule has 0 spiro atoms. The molecule has 4 nitrogen and oxygen atoms in total. The van der Waals surface area contributed by atoms with Crippen molar-refractivity contribution in [3.8, 4) is 5.88 Å². The van der Waals surface area contributed by atoms with Gasteiger partial charge in [0.25, 0.3) is 0 Å². The summed E-state index contributed by atoms with van der Waals surface area (Å²) < 4.78 is 5.23. The van der Waals surface area contributed by atoms with Crippen molar-refractivity contribution < 1.29 is 4.74 Å². The molecule has 17 heavy (non-hydrogen) atoms. The van der Waals surface area contributed by atoms with Crippen LogP contribution in [0.4, 0.5) is 0 Å². The molecule has 1 aliphatic carbocycles. The fourth-order valence-electron chi connectivity index (χ4n) is 3.03. The molecular weight excluding hydrogens is 214 g/mol. The van der Waals surface area contributed by atoms with E-state index in [1.807, 2.05) is 0 Å². The Labute approximate surface area is 103 Å². The second-order valence-electron chi connectivity index (χ2n) is 5.90. The van der Waals surface area contributed by atoms with Crippen LogP contribution >= 0.6 is 0 Å². The third-order valence-electron chi connectivity index (χ3n) is 4.69. The molecule has 2 rings (SSSR count). The summed E-state index contributed by atoms with van der Waals surface area (Å²) in [4.78, 5) is 8.49. The van der Waals surface area contributed by atoms with Gasteiger partial charge in [0.1, 0.15) is 5.69 Å². The van der Waals surface area contributed by atoms with E-state index in [4.69, 9.17) is 10.5 Å². The third-order valence-corrected chi connectivity index (χ3v) is 4.69. The number of methoxy groups -OCH3 is 1. The molecule has 1 atom stereocenters. The number of hydrogen-bond acceptors (Lipinski definition) is 4. The molecule has 0 radical (unpaired) electrons. The second-order valence-corrected chi connectivity index (χ2v) is 5.90. The number of nitrogens with zero attached hydrogens (tertiary/aromatic N) is 2. The molecule has 2 N–H and O–H groups in total. The van der Waals surface area contributed by atoms with Crippen LogP contribution in [0.5, 0.6) is 5.88 Å². The van der Waals surface area contributed by atoms with Gasteiger partial charge in [-0.1, -0.05) is 27.7 Å². The van der Waals surface area contributed by atoms with Crippen LogP contribution in [0.3, 0.4) is 0 Å². The van der Waals surface area contributed by atoms with E-state index in [1.54, 1.807) is 19.5 Å². The highest BCUT2D eigenvalue weighted by Gasteiger charge is 2.67. The molecule has 4 heteroatoms. The van der Waals surface area contributed by atoms with Gasteiger partial charge in [0.2, 0.25) is 5.88 Å². The van der Waals surface area contributed by atoms with E-state index in [9.17, 15) is 0 Å². The van der Waals surface area contributed by atoms with Crippen molar-refractivity contribution in [3.63, 3.8) is 0 Å². The second kappa shape index (κ2) is 3.67. The van der Waals surface area contributed by atoms with Crippen molar-refractivity contribution in [3.05, 3.63) is 18.1 Å². The summed E-state index contributed by atoms with van der Waals surface area (Å²) in [5.74, 6) is 0.944. The van der Waals surface area contributed by atoms with Crippen LogP contribution in [0.1, 0.15) is 39.4 Å². The molecule has 1 fully saturated rings. The first-order chi connectivity index (χ1) is 7.84. The molecule has 1 heterocycles. The van der Waals surface area contributed by atoms with Crippen LogP contribution in [-0.2, 0) is 0 Å². The van der Waals surface area contributed by atoms with Crippen LogP contribution in [0.2, 0.25) is 0 Å². The highest BCUT2D eigenvalue weighted by molar-refractivity contribution is 5.28. The van der Waals surface area contributed by atoms with Gasteiger partial charge in [-0.25, -0.2) is 4.98 Å². The van der Waals surface area contributed by atoms with Crippen LogP contribution in [0, 0.1) is 16.7 Å². The predicted molar refractivity (Wildman–Crippen MR) is 66.6 cm³/mol. The van der Waals surface area contributed by atoms with Gasteiger partial charge < -0.3 is 10.5 Å². The lowest BCUT2D eigenvalue weighted by molar-refractivity contribution is 0.374. The summed E-state index contributed by atoms with van der Waals surface area (Å²) in [7, 11) is 1.60. The Balaban J connectivity index is 2.31. The van der Waals surface area contributed by atoms with Crippen molar-refractivity contribution in [1.82, 2.24) is 9.97 Å². The maximum Gasteiger partial charge on any atom is 0.236 e. The average molecular weight is 235 g/mol. The summed E-state index contributed by atoms with van der Waals surface area (Å²) in [6, 6.07) is -0.122. The van der Waals surface area contributed by atoms with Crippen molar-refractivity contribution in [1.29, 1.82) is 0 Å². The van der Waals surface area contributed by atoms with Gasteiger partial charge in [-0.05, 0) is 16.7 Å². The van der Waals surface area contributed by atoms with Gasteiger partial charge in [-0.3, -0.25) is 4.98 Å². The first-order valence-corrected chi connectivity index (χ1v) is 5.94. The maximum atomic E-state index is 6.35. The molecule has 1 aliphatic rings. The number of aromatic nitrogens is 2. The standard InChI is InChI=1S/C13H21N3O/c1-12(2)10(13(12,3)4)8(14)9-11(17-5)16-7-6-15-9/h6-8,10H,14H2,1-5H3. The first kappa shape index (κ1) is 12.3. The van der Waals surface area contributed by atoms with Crippen LogP contribution in [0.25, 0.3) is 0 Å². The molecule has 94 valence electrons. The molecule has 1 aromatic rings. The highest BCUT2D eigenvalue weighted by Crippen LogP contribution is 2.71. The van der Waals surface area contributed by atoms with Crippen LogP contribution in [-0.4, -0.2) is 17.1 Å². The highest BCUT2D eigenvalue weighted by atomic mass is 16.5. The summed E-state index contributed by atoms with van der Waals surface area (Å²) in [6.45, 7) is 9.00. The quantitative estimate of drug-likeness (QED) is 0.872. The normalized spacial score (nSPS) is 23.2. The molecule has 1 saturated carbocycles. The smallest absolute Gasteiger partial charge is 0.236 e. The van der Waals surface area contributed by atoms with E-state index in [0.717, 1.165) is 5.69 Å². The first-order valence-electron chi connectivity index (χ1n) is 5.94. The fraction of sp³-hybridized carbons (Fsp3) is 0.692. The van der Waals surface area contributed by atoms with Gasteiger partial charge in [-0.15, -0.1) is 0 Å². The minimum atomic E-state index is -0.122. The maximum absolute atomic E-state index is 6.35. The average Bonchev–Trinajstić information content (AvgIpc) is 2.68. The monoisotopic (exact) mass is 235 g/mol. The summed E-state index contributed by atoms with van der Waals surface area (Å²) >= 11 is 0. The predicted octanol–water partition coefficient (Wildman–Crippen LogP) is 2.17. The SMILES string of the molecule is COc1nccnc1C(N)C1C(C)(C)C1(C)C. The lowest BCUT2D eigenvalue weighted by Gasteiger charge is -2.15. The molecule has 0 aromatic carbocycles. The Morgan fingerprint density at radius 3 is 2.18 bits per heavy atom. The Morgan fingerprint density at radius 1 is 1.18 bits per heavy atom. The number of nitrogens with two attached hydrogens (primary N) is 1. The number of ether oxygens (including phenoxy) is 1. The zero-order valence-electron chi connectivity index (χ0n) is 11.2. The molecule has 1 unspecified atom stereocenters. The molecule has 0 bridgehead atoms. The third kappa shape index (κ3) is 1.62. The van der Waals surface area contributed by atoms with E-state index >= 15 is 0 Å². The Kier molecular flexibility index (Phi) is 2.65. The van der Waals surface area contributed by atoms with E-state index in [0.29, 0.717) is 11.8 Å². The lowest BCUT2D eigenvalue weighted by Crippen LogP contribution is -2.19. The van der Waals surface area contributed by atoms with E-state index in [2.05, 4.69) is 37.7 Å². The Hall–Kier alpha value is -1.16. The zero-order chi connectivity index (χ0) is 12.8. The van der Waals surface area contributed by atoms with E-state index in [-0.39, 0.29) is 16.9 Å².